The average Bonchev–Trinajstić information content (AvgIpc) is 2.59. The van der Waals surface area contributed by atoms with Gasteiger partial charge in [-0.05, 0) is 44.4 Å². The number of ether oxygens (including phenoxy) is 3. The lowest BCUT2D eigenvalue weighted by molar-refractivity contribution is 0.0516. The Bertz CT molecular complexity index is 670. The molecule has 8 heteroatoms. The molecule has 0 bridgehead atoms. The third kappa shape index (κ3) is 5.07. The van der Waals surface area contributed by atoms with Crippen LogP contribution in [-0.2, 0) is 20.4 Å². The molecule has 0 atom stereocenters. The second-order valence-corrected chi connectivity index (χ2v) is 8.09. The van der Waals surface area contributed by atoms with Crippen LogP contribution in [0.2, 0.25) is 0 Å². The average molecular weight is 372 g/mol. The molecule has 142 valence electrons. The molecule has 0 unspecified atom stereocenters. The fourth-order valence-electron chi connectivity index (χ4n) is 3.08. The minimum Gasteiger partial charge on any atom is -0.493 e. The maximum absolute atomic E-state index is 12.2. The van der Waals surface area contributed by atoms with Gasteiger partial charge in [0, 0.05) is 31.2 Å². The zero-order valence-electron chi connectivity index (χ0n) is 15.3. The van der Waals surface area contributed by atoms with E-state index in [0.717, 1.165) is 18.4 Å². The lowest BCUT2D eigenvalue weighted by atomic mass is 9.74. The first kappa shape index (κ1) is 20.0. The predicted molar refractivity (Wildman–Crippen MR) is 96.5 cm³/mol. The Hall–Kier alpha value is -1.35. The molecule has 0 amide bonds. The van der Waals surface area contributed by atoms with Crippen LogP contribution < -0.4 is 18.9 Å². The lowest BCUT2D eigenvalue weighted by Crippen LogP contribution is -2.48. The van der Waals surface area contributed by atoms with Gasteiger partial charge in [0.15, 0.2) is 11.5 Å². The van der Waals surface area contributed by atoms with Crippen molar-refractivity contribution in [3.63, 3.8) is 0 Å². The fourth-order valence-corrected chi connectivity index (χ4v) is 4.25. The molecule has 2 rings (SSSR count). The van der Waals surface area contributed by atoms with E-state index >= 15 is 0 Å². The number of hydrogen-bond donors (Lipinski definition) is 2. The van der Waals surface area contributed by atoms with Gasteiger partial charge in [0.25, 0.3) is 10.2 Å². The molecule has 1 heterocycles. The minimum atomic E-state index is -3.55. The van der Waals surface area contributed by atoms with E-state index in [1.165, 1.54) is 0 Å². The summed E-state index contributed by atoms with van der Waals surface area (Å²) in [5.74, 6) is 1.28. The van der Waals surface area contributed by atoms with Crippen molar-refractivity contribution in [3.8, 4) is 11.5 Å². The molecule has 1 aliphatic rings. The van der Waals surface area contributed by atoms with Crippen LogP contribution in [-0.4, -0.2) is 48.4 Å². The maximum atomic E-state index is 12.2. The summed E-state index contributed by atoms with van der Waals surface area (Å²) < 4.78 is 45.8. The van der Waals surface area contributed by atoms with E-state index in [-0.39, 0.29) is 11.5 Å². The summed E-state index contributed by atoms with van der Waals surface area (Å²) in [6, 6.07) is 5.58. The Labute approximate surface area is 150 Å². The van der Waals surface area contributed by atoms with Crippen molar-refractivity contribution in [2.24, 2.45) is 0 Å². The minimum absolute atomic E-state index is 0.163. The van der Waals surface area contributed by atoms with Gasteiger partial charge in [-0.1, -0.05) is 6.07 Å². The predicted octanol–water partition coefficient (Wildman–Crippen LogP) is 1.58. The second kappa shape index (κ2) is 8.35. The third-order valence-corrected chi connectivity index (χ3v) is 5.74. The van der Waals surface area contributed by atoms with Crippen molar-refractivity contribution < 1.29 is 22.6 Å². The van der Waals surface area contributed by atoms with Crippen LogP contribution in [0.1, 0.15) is 32.3 Å². The molecule has 0 aliphatic carbocycles. The van der Waals surface area contributed by atoms with Crippen molar-refractivity contribution in [2.45, 2.75) is 38.1 Å². The first-order valence-electron chi connectivity index (χ1n) is 8.39. The summed E-state index contributed by atoms with van der Waals surface area (Å²) in [5.41, 5.74) is 0.671. The van der Waals surface area contributed by atoms with Gasteiger partial charge >= 0.3 is 0 Å². The Morgan fingerprint density at radius 3 is 2.36 bits per heavy atom. The van der Waals surface area contributed by atoms with Crippen LogP contribution >= 0.6 is 0 Å². The summed E-state index contributed by atoms with van der Waals surface area (Å²) in [6.07, 6.45) is 1.46. The summed E-state index contributed by atoms with van der Waals surface area (Å²) >= 11 is 0. The molecular formula is C17H28N2O5S. The number of benzene rings is 1. The smallest absolute Gasteiger partial charge is 0.277 e. The van der Waals surface area contributed by atoms with E-state index in [4.69, 9.17) is 14.2 Å². The first-order chi connectivity index (χ1) is 11.8. The molecule has 1 fully saturated rings. The normalized spacial score (nSPS) is 17.5. The zero-order chi connectivity index (χ0) is 18.5. The maximum Gasteiger partial charge on any atom is 0.277 e. The fraction of sp³-hybridized carbons (Fsp3) is 0.647. The molecule has 1 aromatic carbocycles. The second-order valence-electron chi connectivity index (χ2n) is 6.56. The number of methoxy groups -OCH3 is 2. The van der Waals surface area contributed by atoms with E-state index in [1.54, 1.807) is 28.1 Å². The molecule has 1 aromatic rings. The molecule has 0 aromatic heterocycles. The molecule has 2 N–H and O–H groups in total. The molecule has 1 aliphatic heterocycles. The van der Waals surface area contributed by atoms with Gasteiger partial charge in [0.05, 0.1) is 14.2 Å². The van der Waals surface area contributed by atoms with Gasteiger partial charge in [0.2, 0.25) is 0 Å². The molecule has 7 nitrogen and oxygen atoms in total. The van der Waals surface area contributed by atoms with Crippen molar-refractivity contribution in [2.75, 3.05) is 34.0 Å². The van der Waals surface area contributed by atoms with Crippen LogP contribution in [0.4, 0.5) is 0 Å². The Morgan fingerprint density at radius 2 is 1.80 bits per heavy atom. The van der Waals surface area contributed by atoms with E-state index in [0.29, 0.717) is 31.3 Å². The molecule has 25 heavy (non-hydrogen) atoms. The van der Waals surface area contributed by atoms with Gasteiger partial charge in [0.1, 0.15) is 0 Å². The van der Waals surface area contributed by atoms with Crippen molar-refractivity contribution >= 4 is 10.2 Å². The summed E-state index contributed by atoms with van der Waals surface area (Å²) in [5, 5.41) is 0. The van der Waals surface area contributed by atoms with Gasteiger partial charge in [-0.15, -0.1) is 0 Å². The Morgan fingerprint density at radius 1 is 1.16 bits per heavy atom. The van der Waals surface area contributed by atoms with E-state index in [1.807, 2.05) is 18.2 Å². The Kier molecular flexibility index (Phi) is 6.67. The molecular weight excluding hydrogens is 344 g/mol. The van der Waals surface area contributed by atoms with Crippen molar-refractivity contribution in [3.05, 3.63) is 23.8 Å². The molecule has 0 radical (unpaired) electrons. The summed E-state index contributed by atoms with van der Waals surface area (Å²) in [4.78, 5) is 0. The highest BCUT2D eigenvalue weighted by Gasteiger charge is 2.36. The van der Waals surface area contributed by atoms with Crippen LogP contribution in [0.3, 0.4) is 0 Å². The quantitative estimate of drug-likeness (QED) is 0.724. The molecule has 1 saturated heterocycles. The van der Waals surface area contributed by atoms with E-state index in [2.05, 4.69) is 9.44 Å². The van der Waals surface area contributed by atoms with E-state index < -0.39 is 10.2 Å². The van der Waals surface area contributed by atoms with Gasteiger partial charge in [-0.2, -0.15) is 13.1 Å². The van der Waals surface area contributed by atoms with Gasteiger partial charge in [-0.25, -0.2) is 4.72 Å². The highest BCUT2D eigenvalue weighted by atomic mass is 32.2. The number of nitrogens with one attached hydrogen (secondary N) is 2. The summed E-state index contributed by atoms with van der Waals surface area (Å²) in [6.45, 7) is 5.06. The topological polar surface area (TPSA) is 85.9 Å². The lowest BCUT2D eigenvalue weighted by Gasteiger charge is -2.38. The number of hydrogen-bond acceptors (Lipinski definition) is 5. The van der Waals surface area contributed by atoms with E-state index in [9.17, 15) is 8.42 Å². The standard InChI is InChI=1S/C17H28N2O5S/c1-13(2)19-25(20,21)18-12-17(7-9-24-10-8-17)14-5-6-15(22-3)16(11-14)23-4/h5-6,11,13,18-19H,7-10,12H2,1-4H3. The number of rotatable bonds is 8. The third-order valence-electron chi connectivity index (χ3n) is 4.44. The first-order valence-corrected chi connectivity index (χ1v) is 9.87. The monoisotopic (exact) mass is 372 g/mol. The SMILES string of the molecule is COc1ccc(C2(CNS(=O)(=O)NC(C)C)CCOCC2)cc1OC. The van der Waals surface area contributed by atoms with Crippen LogP contribution in [0.5, 0.6) is 11.5 Å². The highest BCUT2D eigenvalue weighted by molar-refractivity contribution is 7.87. The molecule has 0 saturated carbocycles. The zero-order valence-corrected chi connectivity index (χ0v) is 16.1. The van der Waals surface area contributed by atoms with Crippen molar-refractivity contribution in [1.29, 1.82) is 0 Å². The van der Waals surface area contributed by atoms with Gasteiger partial charge < -0.3 is 14.2 Å². The Balaban J connectivity index is 2.29. The largest absolute Gasteiger partial charge is 0.493 e. The van der Waals surface area contributed by atoms with Crippen LogP contribution in [0.25, 0.3) is 0 Å². The van der Waals surface area contributed by atoms with Crippen LogP contribution in [0.15, 0.2) is 18.2 Å². The van der Waals surface area contributed by atoms with Crippen LogP contribution in [0, 0.1) is 0 Å². The molecule has 0 spiro atoms. The van der Waals surface area contributed by atoms with Crippen molar-refractivity contribution in [1.82, 2.24) is 9.44 Å². The highest BCUT2D eigenvalue weighted by Crippen LogP contribution is 2.38. The summed E-state index contributed by atoms with van der Waals surface area (Å²) in [7, 11) is -0.370. The van der Waals surface area contributed by atoms with Gasteiger partial charge in [-0.3, -0.25) is 0 Å².